The number of piperazine rings is 1. The summed E-state index contributed by atoms with van der Waals surface area (Å²) in [6, 6.07) is 10.2. The lowest BCUT2D eigenvalue weighted by atomic mass is 10.1. The molecule has 0 aliphatic carbocycles. The highest BCUT2D eigenvalue weighted by molar-refractivity contribution is 7.80. The molecule has 2 aliphatic rings. The van der Waals surface area contributed by atoms with E-state index in [1.54, 1.807) is 12.3 Å². The monoisotopic (exact) mass is 427 g/mol. The number of aromatic nitrogens is 1. The molecule has 0 atom stereocenters. The normalized spacial score (nSPS) is 17.5. The van der Waals surface area contributed by atoms with E-state index >= 15 is 0 Å². The maximum Gasteiger partial charge on any atom is 0.189 e. The molecule has 1 fully saturated rings. The molecular formula is C21H22ClN5OS. The molecule has 29 heavy (non-hydrogen) atoms. The zero-order valence-electron chi connectivity index (χ0n) is 16.0. The second-order valence-electron chi connectivity index (χ2n) is 6.81. The molecule has 1 aromatic heterocycles. The summed E-state index contributed by atoms with van der Waals surface area (Å²) >= 11 is 11.7. The Kier molecular flexibility index (Phi) is 5.97. The third-order valence-corrected chi connectivity index (χ3v) is 5.71. The number of benzene rings is 1. The molecule has 8 heteroatoms. The van der Waals surface area contributed by atoms with Gasteiger partial charge < -0.3 is 14.5 Å². The number of fused-ring (bicyclic) bond motifs is 1. The highest BCUT2D eigenvalue weighted by Crippen LogP contribution is 2.30. The number of pyridine rings is 1. The molecule has 6 nitrogen and oxygen atoms in total. The molecule has 3 heterocycles. The Morgan fingerprint density at radius 3 is 2.69 bits per heavy atom. The fourth-order valence-corrected chi connectivity index (χ4v) is 3.85. The van der Waals surface area contributed by atoms with E-state index in [1.807, 2.05) is 6.08 Å². The summed E-state index contributed by atoms with van der Waals surface area (Å²) in [5.41, 5.74) is 6.85. The second-order valence-corrected chi connectivity index (χ2v) is 7.61. The van der Waals surface area contributed by atoms with Crippen LogP contribution < -0.4 is 15.1 Å². The standard InChI is InChI=1S/C21H22ClN5OS/c1-2-15-3-5-16(6-4-15)26-10-12-27(13-11-26)21(29)25-24-18-8-14-28-20-17(22)7-9-23-19(18)20/h2-7,9H,1,8,10-14H2,(H,25,29)/b24-18-. The van der Waals surface area contributed by atoms with E-state index in [4.69, 9.17) is 28.6 Å². The third-order valence-electron chi connectivity index (χ3n) is 5.06. The van der Waals surface area contributed by atoms with Crippen molar-refractivity contribution in [3.63, 3.8) is 0 Å². The Morgan fingerprint density at radius 1 is 1.21 bits per heavy atom. The molecule has 1 saturated heterocycles. The van der Waals surface area contributed by atoms with E-state index < -0.39 is 0 Å². The minimum Gasteiger partial charge on any atom is -0.489 e. The van der Waals surface area contributed by atoms with Gasteiger partial charge in [0.15, 0.2) is 10.9 Å². The molecule has 2 aliphatic heterocycles. The van der Waals surface area contributed by atoms with Gasteiger partial charge in [0.25, 0.3) is 0 Å². The first-order chi connectivity index (χ1) is 14.2. The topological polar surface area (TPSA) is 53.0 Å². The first kappa shape index (κ1) is 19.7. The van der Waals surface area contributed by atoms with Crippen LogP contribution in [0.3, 0.4) is 0 Å². The molecule has 1 N–H and O–H groups in total. The van der Waals surface area contributed by atoms with Crippen molar-refractivity contribution in [3.8, 4) is 5.75 Å². The Labute approximate surface area is 180 Å². The molecule has 0 saturated carbocycles. The first-order valence-electron chi connectivity index (χ1n) is 9.52. The first-order valence-corrected chi connectivity index (χ1v) is 10.3. The summed E-state index contributed by atoms with van der Waals surface area (Å²) in [5, 5.41) is 5.66. The number of anilines is 1. The molecule has 150 valence electrons. The van der Waals surface area contributed by atoms with Gasteiger partial charge in [-0.05, 0) is 36.0 Å². The van der Waals surface area contributed by atoms with Gasteiger partial charge in [-0.2, -0.15) is 5.10 Å². The van der Waals surface area contributed by atoms with Crippen molar-refractivity contribution >= 4 is 46.4 Å². The number of rotatable bonds is 3. The lowest BCUT2D eigenvalue weighted by Gasteiger charge is -2.37. The van der Waals surface area contributed by atoms with Crippen LogP contribution in [0.15, 0.2) is 48.2 Å². The molecule has 0 radical (unpaired) electrons. The van der Waals surface area contributed by atoms with E-state index in [0.717, 1.165) is 37.5 Å². The maximum absolute atomic E-state index is 6.19. The van der Waals surface area contributed by atoms with Crippen molar-refractivity contribution < 1.29 is 4.74 Å². The number of hydrogen-bond acceptors (Lipinski definition) is 5. The predicted molar refractivity (Wildman–Crippen MR) is 122 cm³/mol. The van der Waals surface area contributed by atoms with Gasteiger partial charge in [0.2, 0.25) is 0 Å². The minimum atomic E-state index is 0.523. The van der Waals surface area contributed by atoms with Gasteiger partial charge >= 0.3 is 0 Å². The molecule has 1 aromatic carbocycles. The number of hydrogen-bond donors (Lipinski definition) is 1. The van der Waals surface area contributed by atoms with Crippen LogP contribution in [-0.4, -0.2) is 53.5 Å². The summed E-state index contributed by atoms with van der Waals surface area (Å²) < 4.78 is 5.62. The number of thiocarbonyl (C=S) groups is 1. The fraction of sp³-hybridized carbons (Fsp3) is 0.286. The fourth-order valence-electron chi connectivity index (χ4n) is 3.42. The SMILES string of the molecule is C=Cc1ccc(N2CCN(C(=S)N/N=C3/CCOc4c(Cl)ccnc43)CC2)cc1. The average Bonchev–Trinajstić information content (AvgIpc) is 2.78. The van der Waals surface area contributed by atoms with Crippen molar-refractivity contribution in [2.45, 2.75) is 6.42 Å². The Bertz CT molecular complexity index is 939. The third kappa shape index (κ3) is 4.36. The summed E-state index contributed by atoms with van der Waals surface area (Å²) in [6.45, 7) is 7.80. The maximum atomic E-state index is 6.19. The number of halogens is 1. The predicted octanol–water partition coefficient (Wildman–Crippen LogP) is 3.56. The van der Waals surface area contributed by atoms with Gasteiger partial charge in [0.05, 0.1) is 17.3 Å². The Hall–Kier alpha value is -2.64. The largest absolute Gasteiger partial charge is 0.489 e. The van der Waals surface area contributed by atoms with Crippen molar-refractivity contribution in [3.05, 3.63) is 59.4 Å². The molecule has 2 aromatic rings. The lowest BCUT2D eigenvalue weighted by Crippen LogP contribution is -2.51. The summed E-state index contributed by atoms with van der Waals surface area (Å²) in [6.07, 6.45) is 4.17. The number of nitrogens with zero attached hydrogens (tertiary/aromatic N) is 4. The van der Waals surface area contributed by atoms with E-state index in [0.29, 0.717) is 34.6 Å². The number of ether oxygens (including phenoxy) is 1. The molecule has 0 amide bonds. The van der Waals surface area contributed by atoms with Crippen LogP contribution in [0.4, 0.5) is 5.69 Å². The van der Waals surface area contributed by atoms with Crippen LogP contribution in [0.1, 0.15) is 17.7 Å². The second kappa shape index (κ2) is 8.80. The number of nitrogens with one attached hydrogen (secondary N) is 1. The van der Waals surface area contributed by atoms with E-state index in [1.165, 1.54) is 5.69 Å². The van der Waals surface area contributed by atoms with Crippen LogP contribution in [0.5, 0.6) is 5.75 Å². The van der Waals surface area contributed by atoms with Gasteiger partial charge in [-0.1, -0.05) is 36.4 Å². The lowest BCUT2D eigenvalue weighted by molar-refractivity contribution is 0.318. The van der Waals surface area contributed by atoms with Crippen LogP contribution in [0.2, 0.25) is 5.02 Å². The Balaban J connectivity index is 1.35. The summed E-state index contributed by atoms with van der Waals surface area (Å²) in [7, 11) is 0. The van der Waals surface area contributed by atoms with Crippen molar-refractivity contribution in [1.29, 1.82) is 0 Å². The van der Waals surface area contributed by atoms with Crippen LogP contribution in [0.25, 0.3) is 6.08 Å². The number of hydrazone groups is 1. The molecule has 0 spiro atoms. The Morgan fingerprint density at radius 2 is 1.97 bits per heavy atom. The minimum absolute atomic E-state index is 0.523. The molecular weight excluding hydrogens is 406 g/mol. The van der Waals surface area contributed by atoms with Crippen molar-refractivity contribution in [1.82, 2.24) is 15.3 Å². The van der Waals surface area contributed by atoms with Crippen molar-refractivity contribution in [2.75, 3.05) is 37.7 Å². The van der Waals surface area contributed by atoms with Gasteiger partial charge in [-0.25, -0.2) is 0 Å². The van der Waals surface area contributed by atoms with E-state index in [-0.39, 0.29) is 0 Å². The average molecular weight is 428 g/mol. The molecule has 4 rings (SSSR count). The van der Waals surface area contributed by atoms with Crippen LogP contribution >= 0.6 is 23.8 Å². The van der Waals surface area contributed by atoms with Gasteiger partial charge in [-0.15, -0.1) is 0 Å². The van der Waals surface area contributed by atoms with Gasteiger partial charge in [-0.3, -0.25) is 10.4 Å². The highest BCUT2D eigenvalue weighted by atomic mass is 35.5. The van der Waals surface area contributed by atoms with Crippen molar-refractivity contribution in [2.24, 2.45) is 5.10 Å². The zero-order chi connectivity index (χ0) is 20.2. The highest BCUT2D eigenvalue weighted by Gasteiger charge is 2.22. The van der Waals surface area contributed by atoms with Crippen LogP contribution in [-0.2, 0) is 0 Å². The summed E-state index contributed by atoms with van der Waals surface area (Å²) in [4.78, 5) is 8.86. The molecule has 0 bridgehead atoms. The molecule has 0 unspecified atom stereocenters. The quantitative estimate of drug-likeness (QED) is 0.597. The van der Waals surface area contributed by atoms with Crippen LogP contribution in [0, 0.1) is 0 Å². The summed E-state index contributed by atoms with van der Waals surface area (Å²) in [5.74, 6) is 0.586. The van der Waals surface area contributed by atoms with E-state index in [9.17, 15) is 0 Å². The van der Waals surface area contributed by atoms with Gasteiger partial charge in [0, 0.05) is 44.5 Å². The zero-order valence-corrected chi connectivity index (χ0v) is 17.5. The van der Waals surface area contributed by atoms with E-state index in [2.05, 4.69) is 56.2 Å². The van der Waals surface area contributed by atoms with Gasteiger partial charge in [0.1, 0.15) is 5.69 Å². The smallest absolute Gasteiger partial charge is 0.189 e.